The molecule has 4 heteroatoms. The summed E-state index contributed by atoms with van der Waals surface area (Å²) >= 11 is 0. The first-order chi connectivity index (χ1) is 7.64. The Hall–Kier alpha value is -1.58. The van der Waals surface area contributed by atoms with Crippen molar-refractivity contribution in [3.8, 4) is 5.88 Å². The molecule has 0 unspecified atom stereocenters. The summed E-state index contributed by atoms with van der Waals surface area (Å²) in [5.41, 5.74) is 2.16. The lowest BCUT2D eigenvalue weighted by Crippen LogP contribution is -2.07. The number of rotatable bonds is 2. The van der Waals surface area contributed by atoms with E-state index in [9.17, 15) is 0 Å². The molecule has 3 rings (SSSR count). The van der Waals surface area contributed by atoms with E-state index in [4.69, 9.17) is 4.74 Å². The van der Waals surface area contributed by atoms with Gasteiger partial charge in [0.1, 0.15) is 11.3 Å². The fourth-order valence-electron chi connectivity index (χ4n) is 2.09. The zero-order valence-electron chi connectivity index (χ0n) is 9.82. The molecule has 0 aromatic carbocycles. The second-order valence-electron chi connectivity index (χ2n) is 4.79. The smallest absolute Gasteiger partial charge is 0.239 e. The van der Waals surface area contributed by atoms with Crippen LogP contribution in [0.15, 0.2) is 12.4 Å². The van der Waals surface area contributed by atoms with E-state index in [0.29, 0.717) is 5.88 Å². The molecule has 2 aromatic heterocycles. The van der Waals surface area contributed by atoms with Gasteiger partial charge in [0.15, 0.2) is 0 Å². The van der Waals surface area contributed by atoms with Gasteiger partial charge in [0.25, 0.3) is 0 Å². The first-order valence-corrected chi connectivity index (χ1v) is 5.53. The Kier molecular flexibility index (Phi) is 1.79. The van der Waals surface area contributed by atoms with E-state index in [1.807, 2.05) is 19.3 Å². The molecular weight excluding hydrogens is 202 g/mol. The molecule has 0 atom stereocenters. The van der Waals surface area contributed by atoms with E-state index < -0.39 is 0 Å². The maximum absolute atomic E-state index is 5.28. The van der Waals surface area contributed by atoms with Crippen LogP contribution >= 0.6 is 0 Å². The van der Waals surface area contributed by atoms with Gasteiger partial charge < -0.3 is 4.74 Å². The van der Waals surface area contributed by atoms with Gasteiger partial charge in [0.2, 0.25) is 5.88 Å². The fraction of sp³-hybridized carbons (Fsp3) is 0.500. The molecule has 1 saturated carbocycles. The second-order valence-corrected chi connectivity index (χ2v) is 4.79. The molecule has 0 saturated heterocycles. The molecule has 0 N–H and O–H groups in total. The lowest BCUT2D eigenvalue weighted by molar-refractivity contribution is 0.400. The summed E-state index contributed by atoms with van der Waals surface area (Å²) in [7, 11) is 1.65. The van der Waals surface area contributed by atoms with Gasteiger partial charge in [-0.05, 0) is 19.8 Å². The summed E-state index contributed by atoms with van der Waals surface area (Å²) in [6, 6.07) is 0. The zero-order chi connectivity index (χ0) is 11.3. The van der Waals surface area contributed by atoms with Crippen molar-refractivity contribution in [3.05, 3.63) is 23.9 Å². The van der Waals surface area contributed by atoms with E-state index in [1.165, 1.54) is 12.8 Å². The Morgan fingerprint density at radius 3 is 2.81 bits per heavy atom. The van der Waals surface area contributed by atoms with E-state index in [-0.39, 0.29) is 5.41 Å². The van der Waals surface area contributed by atoms with Crippen LogP contribution in [-0.2, 0) is 5.41 Å². The fourth-order valence-corrected chi connectivity index (χ4v) is 2.09. The molecule has 1 fully saturated rings. The molecule has 2 aromatic rings. The van der Waals surface area contributed by atoms with Gasteiger partial charge in [-0.1, -0.05) is 6.92 Å². The number of aryl methyl sites for hydroxylation is 1. The Morgan fingerprint density at radius 2 is 2.19 bits per heavy atom. The maximum Gasteiger partial charge on any atom is 0.239 e. The highest BCUT2D eigenvalue weighted by Crippen LogP contribution is 2.47. The largest absolute Gasteiger partial charge is 0.479 e. The van der Waals surface area contributed by atoms with Crippen LogP contribution in [0.25, 0.3) is 5.52 Å². The highest BCUT2D eigenvalue weighted by molar-refractivity contribution is 5.57. The number of nitrogens with zero attached hydrogens (tertiary/aromatic N) is 3. The predicted octanol–water partition coefficient (Wildman–Crippen LogP) is 2.10. The van der Waals surface area contributed by atoms with Crippen LogP contribution in [0.1, 0.15) is 31.3 Å². The number of fused-ring (bicyclic) bond motifs is 1. The highest BCUT2D eigenvalue weighted by Gasteiger charge is 2.42. The Bertz CT molecular complexity index is 555. The summed E-state index contributed by atoms with van der Waals surface area (Å²) < 4.78 is 7.40. The van der Waals surface area contributed by atoms with Crippen LogP contribution in [-0.4, -0.2) is 21.5 Å². The minimum atomic E-state index is 0.255. The normalized spacial score (nSPS) is 17.7. The van der Waals surface area contributed by atoms with Crippen molar-refractivity contribution in [1.82, 2.24) is 14.4 Å². The third-order valence-corrected chi connectivity index (χ3v) is 3.34. The van der Waals surface area contributed by atoms with Crippen molar-refractivity contribution >= 4 is 5.52 Å². The van der Waals surface area contributed by atoms with Crippen LogP contribution in [0.3, 0.4) is 0 Å². The van der Waals surface area contributed by atoms with Crippen LogP contribution in [0, 0.1) is 6.92 Å². The minimum absolute atomic E-state index is 0.255. The quantitative estimate of drug-likeness (QED) is 0.773. The van der Waals surface area contributed by atoms with Gasteiger partial charge in [0.05, 0.1) is 19.0 Å². The number of hydrogen-bond acceptors (Lipinski definition) is 3. The summed E-state index contributed by atoms with van der Waals surface area (Å²) in [6.07, 6.45) is 6.32. The third kappa shape index (κ3) is 1.22. The lowest BCUT2D eigenvalue weighted by atomic mass is 10.1. The first kappa shape index (κ1) is 9.63. The number of ether oxygens (including phenoxy) is 1. The number of imidazole rings is 1. The summed E-state index contributed by atoms with van der Waals surface area (Å²) in [5, 5.41) is 0. The van der Waals surface area contributed by atoms with Crippen molar-refractivity contribution in [2.75, 3.05) is 7.11 Å². The third-order valence-electron chi connectivity index (χ3n) is 3.34. The van der Waals surface area contributed by atoms with Crippen molar-refractivity contribution in [2.45, 2.75) is 32.1 Å². The van der Waals surface area contributed by atoms with Gasteiger partial charge in [-0.3, -0.25) is 4.40 Å². The molecule has 4 nitrogen and oxygen atoms in total. The average Bonchev–Trinajstić information content (AvgIpc) is 2.86. The zero-order valence-corrected chi connectivity index (χ0v) is 9.82. The topological polar surface area (TPSA) is 39.4 Å². The van der Waals surface area contributed by atoms with Gasteiger partial charge in [-0.2, -0.15) is 0 Å². The highest BCUT2D eigenvalue weighted by atomic mass is 16.5. The summed E-state index contributed by atoms with van der Waals surface area (Å²) in [4.78, 5) is 8.87. The van der Waals surface area contributed by atoms with Crippen LogP contribution in [0.2, 0.25) is 0 Å². The van der Waals surface area contributed by atoms with Gasteiger partial charge in [0, 0.05) is 11.6 Å². The SMILES string of the molecule is COc1nc(C)cn2c(C3(C)CC3)ncc12. The Balaban J connectivity index is 2.29. The van der Waals surface area contributed by atoms with Crippen LogP contribution in [0.4, 0.5) is 0 Å². The summed E-state index contributed by atoms with van der Waals surface area (Å²) in [6.45, 7) is 4.23. The van der Waals surface area contributed by atoms with Crippen molar-refractivity contribution < 1.29 is 4.74 Å². The van der Waals surface area contributed by atoms with Crippen molar-refractivity contribution in [3.63, 3.8) is 0 Å². The number of methoxy groups -OCH3 is 1. The molecule has 0 spiro atoms. The van der Waals surface area contributed by atoms with Crippen LogP contribution < -0.4 is 4.74 Å². The molecule has 0 radical (unpaired) electrons. The van der Waals surface area contributed by atoms with E-state index in [2.05, 4.69) is 21.3 Å². The van der Waals surface area contributed by atoms with Gasteiger partial charge in [-0.15, -0.1) is 0 Å². The lowest BCUT2D eigenvalue weighted by Gasteiger charge is -2.09. The monoisotopic (exact) mass is 217 g/mol. The predicted molar refractivity (Wildman–Crippen MR) is 60.9 cm³/mol. The van der Waals surface area contributed by atoms with Crippen LogP contribution in [0.5, 0.6) is 5.88 Å². The molecule has 84 valence electrons. The van der Waals surface area contributed by atoms with E-state index in [1.54, 1.807) is 7.11 Å². The molecule has 1 aliphatic carbocycles. The van der Waals surface area contributed by atoms with Gasteiger partial charge in [-0.25, -0.2) is 9.97 Å². The molecule has 0 amide bonds. The Labute approximate surface area is 94.3 Å². The molecule has 1 aliphatic rings. The standard InChI is InChI=1S/C12H15N3O/c1-8-7-15-9(10(14-8)16-3)6-13-11(15)12(2)4-5-12/h6-7H,4-5H2,1-3H3. The maximum atomic E-state index is 5.28. The second kappa shape index (κ2) is 2.97. The molecule has 0 aliphatic heterocycles. The molecule has 2 heterocycles. The van der Waals surface area contributed by atoms with E-state index in [0.717, 1.165) is 17.0 Å². The van der Waals surface area contributed by atoms with Crippen molar-refractivity contribution in [2.24, 2.45) is 0 Å². The number of hydrogen-bond donors (Lipinski definition) is 0. The van der Waals surface area contributed by atoms with Gasteiger partial charge >= 0.3 is 0 Å². The molecular formula is C12H15N3O. The molecule has 0 bridgehead atoms. The minimum Gasteiger partial charge on any atom is -0.479 e. The number of aromatic nitrogens is 3. The average molecular weight is 217 g/mol. The first-order valence-electron chi connectivity index (χ1n) is 5.53. The van der Waals surface area contributed by atoms with E-state index >= 15 is 0 Å². The van der Waals surface area contributed by atoms with Crippen molar-refractivity contribution in [1.29, 1.82) is 0 Å². The Morgan fingerprint density at radius 1 is 1.44 bits per heavy atom. The summed E-state index contributed by atoms with van der Waals surface area (Å²) in [5.74, 6) is 1.79. The molecule has 16 heavy (non-hydrogen) atoms.